The normalized spacial score (nSPS) is 18.2. The van der Waals surface area contributed by atoms with Crippen LogP contribution >= 0.6 is 22.9 Å². The lowest BCUT2D eigenvalue weighted by atomic mass is 9.95. The Labute approximate surface area is 204 Å². The first kappa shape index (κ1) is 24.0. The molecule has 1 aliphatic heterocycles. The van der Waals surface area contributed by atoms with E-state index in [1.54, 1.807) is 37.3 Å². The van der Waals surface area contributed by atoms with Crippen molar-refractivity contribution in [3.63, 3.8) is 0 Å². The molecule has 33 heavy (non-hydrogen) atoms. The highest BCUT2D eigenvalue weighted by atomic mass is 35.5. The van der Waals surface area contributed by atoms with Gasteiger partial charge in [-0.15, -0.1) is 11.3 Å². The summed E-state index contributed by atoms with van der Waals surface area (Å²) in [6.45, 7) is 4.84. The maximum Gasteiger partial charge on any atom is 0.270 e. The van der Waals surface area contributed by atoms with Crippen LogP contribution in [0, 0.1) is 0 Å². The molecule has 1 N–H and O–H groups in total. The molecule has 0 spiro atoms. The minimum Gasteiger partial charge on any atom is -0.476 e. The predicted octanol–water partition coefficient (Wildman–Crippen LogP) is 5.42. The van der Waals surface area contributed by atoms with Crippen LogP contribution in [0.15, 0.2) is 29.6 Å². The minimum atomic E-state index is -1.01. The molecule has 0 atom stereocenters. The number of carbonyl (C=O) groups is 2. The number of carbonyl (C=O) groups excluding carboxylic acids is 2. The number of rotatable bonds is 6. The van der Waals surface area contributed by atoms with Crippen molar-refractivity contribution in [2.24, 2.45) is 0 Å². The van der Waals surface area contributed by atoms with Gasteiger partial charge in [0, 0.05) is 30.4 Å². The van der Waals surface area contributed by atoms with Gasteiger partial charge in [0.25, 0.3) is 11.8 Å². The smallest absolute Gasteiger partial charge is 0.270 e. The van der Waals surface area contributed by atoms with Crippen LogP contribution in [0.25, 0.3) is 0 Å². The first-order valence-electron chi connectivity index (χ1n) is 11.8. The number of likely N-dealkylation sites (tertiary alicyclic amines) is 1. The zero-order chi connectivity index (χ0) is 23.4. The van der Waals surface area contributed by atoms with Crippen LogP contribution in [0.3, 0.4) is 0 Å². The molecule has 1 saturated carbocycles. The molecule has 0 radical (unpaired) electrons. The van der Waals surface area contributed by atoms with Crippen molar-refractivity contribution in [2.45, 2.75) is 76.4 Å². The Bertz CT molecular complexity index is 979. The number of thiazole rings is 1. The second-order valence-electron chi connectivity index (χ2n) is 9.49. The lowest BCUT2D eigenvalue weighted by molar-refractivity contribution is -0.146. The molecule has 2 aromatic rings. The molecule has 0 unspecified atom stereocenters. The number of nitrogens with one attached hydrogen (secondary N) is 1. The van der Waals surface area contributed by atoms with Crippen LogP contribution in [0.4, 0.5) is 0 Å². The molecule has 2 heterocycles. The number of amides is 2. The van der Waals surface area contributed by atoms with Crippen molar-refractivity contribution in [1.29, 1.82) is 0 Å². The summed E-state index contributed by atoms with van der Waals surface area (Å²) in [5, 5.41) is 6.49. The summed E-state index contributed by atoms with van der Waals surface area (Å²) in [7, 11) is 0. The number of hydrogen-bond acceptors (Lipinski definition) is 5. The summed E-state index contributed by atoms with van der Waals surface area (Å²) in [6.07, 6.45) is 7.40. The first-order valence-corrected chi connectivity index (χ1v) is 13.1. The summed E-state index contributed by atoms with van der Waals surface area (Å²) >= 11 is 7.75. The molecule has 1 aromatic carbocycles. The molecule has 1 saturated heterocycles. The van der Waals surface area contributed by atoms with E-state index in [1.165, 1.54) is 19.3 Å². The molecule has 2 amide bonds. The third-order valence-electron chi connectivity index (χ3n) is 6.54. The Morgan fingerprint density at radius 1 is 1.12 bits per heavy atom. The van der Waals surface area contributed by atoms with Crippen LogP contribution in [-0.2, 0) is 4.79 Å². The van der Waals surface area contributed by atoms with Gasteiger partial charge in [0.2, 0.25) is 0 Å². The van der Waals surface area contributed by atoms with Crippen molar-refractivity contribution >= 4 is 34.8 Å². The van der Waals surface area contributed by atoms with Crippen molar-refractivity contribution < 1.29 is 14.3 Å². The van der Waals surface area contributed by atoms with Crippen LogP contribution < -0.4 is 10.1 Å². The third kappa shape index (κ3) is 5.87. The summed E-state index contributed by atoms with van der Waals surface area (Å²) in [5.74, 6) is 0.667. The van der Waals surface area contributed by atoms with E-state index in [2.05, 4.69) is 10.3 Å². The monoisotopic (exact) mass is 489 g/mol. The summed E-state index contributed by atoms with van der Waals surface area (Å²) in [6, 6.07) is 7.47. The SMILES string of the molecule is CC(C)(Oc1ccccc1Cl)C(=O)N1CCC(c2nc(C(=O)NC3CCCCC3)cs2)CC1. The summed E-state index contributed by atoms with van der Waals surface area (Å²) < 4.78 is 5.97. The van der Waals surface area contributed by atoms with E-state index in [-0.39, 0.29) is 23.8 Å². The van der Waals surface area contributed by atoms with E-state index in [9.17, 15) is 9.59 Å². The van der Waals surface area contributed by atoms with Gasteiger partial charge in [0.1, 0.15) is 11.4 Å². The van der Waals surface area contributed by atoms with E-state index >= 15 is 0 Å². The number of benzene rings is 1. The second-order valence-corrected chi connectivity index (χ2v) is 10.8. The van der Waals surface area contributed by atoms with Gasteiger partial charge in [0.15, 0.2) is 5.60 Å². The molecule has 8 heteroatoms. The van der Waals surface area contributed by atoms with Crippen molar-refractivity contribution in [3.05, 3.63) is 45.4 Å². The highest BCUT2D eigenvalue weighted by Gasteiger charge is 2.37. The topological polar surface area (TPSA) is 71.5 Å². The largest absolute Gasteiger partial charge is 0.476 e. The predicted molar refractivity (Wildman–Crippen MR) is 131 cm³/mol. The summed E-state index contributed by atoms with van der Waals surface area (Å²) in [4.78, 5) is 32.3. The third-order valence-corrected chi connectivity index (χ3v) is 7.86. The van der Waals surface area contributed by atoms with Crippen LogP contribution in [0.2, 0.25) is 5.02 Å². The Kier molecular flexibility index (Phi) is 7.59. The number of nitrogens with zero attached hydrogens (tertiary/aromatic N) is 2. The molecule has 0 bridgehead atoms. The molecule has 1 aliphatic carbocycles. The Hall–Kier alpha value is -2.12. The molecule has 178 valence electrons. The highest BCUT2D eigenvalue weighted by molar-refractivity contribution is 7.09. The van der Waals surface area contributed by atoms with E-state index < -0.39 is 5.60 Å². The van der Waals surface area contributed by atoms with Crippen molar-refractivity contribution in [3.8, 4) is 5.75 Å². The van der Waals surface area contributed by atoms with Gasteiger partial charge in [0.05, 0.1) is 10.0 Å². The number of hydrogen-bond donors (Lipinski definition) is 1. The molecule has 4 rings (SSSR count). The lowest BCUT2D eigenvalue weighted by Crippen LogP contribution is -2.51. The fourth-order valence-electron chi connectivity index (χ4n) is 4.64. The van der Waals surface area contributed by atoms with Gasteiger partial charge in [-0.2, -0.15) is 0 Å². The van der Waals surface area contributed by atoms with Crippen LogP contribution in [0.5, 0.6) is 5.75 Å². The van der Waals surface area contributed by atoms with Gasteiger partial charge in [-0.25, -0.2) is 4.98 Å². The van der Waals surface area contributed by atoms with Crippen LogP contribution in [-0.4, -0.2) is 46.4 Å². The Morgan fingerprint density at radius 2 is 1.82 bits per heavy atom. The van der Waals surface area contributed by atoms with Gasteiger partial charge < -0.3 is 15.0 Å². The molecule has 2 fully saturated rings. The number of halogens is 1. The molecule has 2 aliphatic rings. The van der Waals surface area contributed by atoms with Gasteiger partial charge in [-0.3, -0.25) is 9.59 Å². The lowest BCUT2D eigenvalue weighted by Gasteiger charge is -2.36. The van der Waals surface area contributed by atoms with E-state index in [0.717, 1.165) is 30.7 Å². The average Bonchev–Trinajstić information content (AvgIpc) is 3.31. The maximum absolute atomic E-state index is 13.2. The number of aromatic nitrogens is 1. The number of para-hydroxylation sites is 1. The second kappa shape index (κ2) is 10.4. The zero-order valence-corrected chi connectivity index (χ0v) is 20.9. The quantitative estimate of drug-likeness (QED) is 0.587. The highest BCUT2D eigenvalue weighted by Crippen LogP contribution is 2.33. The van der Waals surface area contributed by atoms with Crippen molar-refractivity contribution in [2.75, 3.05) is 13.1 Å². The molecule has 6 nitrogen and oxygen atoms in total. The van der Waals surface area contributed by atoms with Gasteiger partial charge in [-0.05, 0) is 51.7 Å². The van der Waals surface area contributed by atoms with E-state index in [1.807, 2.05) is 22.4 Å². The van der Waals surface area contributed by atoms with Crippen LogP contribution in [0.1, 0.15) is 80.2 Å². The number of ether oxygens (including phenoxy) is 1. The average molecular weight is 490 g/mol. The molecular formula is C25H32ClN3O3S. The van der Waals surface area contributed by atoms with E-state index in [4.69, 9.17) is 16.3 Å². The Morgan fingerprint density at radius 3 is 2.52 bits per heavy atom. The fraction of sp³-hybridized carbons (Fsp3) is 0.560. The number of piperidine rings is 1. The zero-order valence-electron chi connectivity index (χ0n) is 19.3. The van der Waals surface area contributed by atoms with Crippen molar-refractivity contribution in [1.82, 2.24) is 15.2 Å². The minimum absolute atomic E-state index is 0.0486. The first-order chi connectivity index (χ1) is 15.8. The molecule has 1 aromatic heterocycles. The fourth-order valence-corrected chi connectivity index (χ4v) is 5.79. The maximum atomic E-state index is 13.2. The summed E-state index contributed by atoms with van der Waals surface area (Å²) in [5.41, 5.74) is -0.489. The van der Waals surface area contributed by atoms with Gasteiger partial charge >= 0.3 is 0 Å². The molecular weight excluding hydrogens is 458 g/mol. The Balaban J connectivity index is 1.31. The van der Waals surface area contributed by atoms with E-state index in [0.29, 0.717) is 29.6 Å². The van der Waals surface area contributed by atoms with Gasteiger partial charge in [-0.1, -0.05) is 43.0 Å². The standard InChI is InChI=1S/C25H32ClN3O3S/c1-25(2,32-21-11-7-6-10-19(21)26)24(31)29-14-12-17(13-15-29)23-28-20(16-33-23)22(30)27-18-8-4-3-5-9-18/h6-7,10-11,16-18H,3-5,8-9,12-15H2,1-2H3,(H,27,30).